The van der Waals surface area contributed by atoms with Crippen LogP contribution in [0.4, 0.5) is 0 Å². The summed E-state index contributed by atoms with van der Waals surface area (Å²) in [6, 6.07) is 8.46. The van der Waals surface area contributed by atoms with Gasteiger partial charge in [0.05, 0.1) is 5.69 Å². The molecule has 0 fully saturated rings. The lowest BCUT2D eigenvalue weighted by Gasteiger charge is -1.96. The lowest BCUT2D eigenvalue weighted by Crippen LogP contribution is -1.94. The summed E-state index contributed by atoms with van der Waals surface area (Å²) >= 11 is 1.74. The second-order valence-electron chi connectivity index (χ2n) is 4.43. The predicted octanol–water partition coefficient (Wildman–Crippen LogP) is 1.88. The van der Waals surface area contributed by atoms with Crippen molar-refractivity contribution < 1.29 is 19.8 Å². The van der Waals surface area contributed by atoms with E-state index in [1.807, 2.05) is 0 Å². The first-order valence-electron chi connectivity index (χ1n) is 6.42. The van der Waals surface area contributed by atoms with Crippen LogP contribution in [0.15, 0.2) is 36.4 Å². The van der Waals surface area contributed by atoms with Crippen LogP contribution in [0.2, 0.25) is 0 Å². The fourth-order valence-electron chi connectivity index (χ4n) is 2.04. The molecule has 1 aliphatic carbocycles. The molecule has 1 aromatic heterocycles. The molecular formula is C15H14N2O4S. The molecule has 22 heavy (non-hydrogen) atoms. The number of nitrogens with zero attached hydrogens (tertiary/aromatic N) is 1. The molecule has 114 valence electrons. The van der Waals surface area contributed by atoms with Crippen molar-refractivity contribution >= 4 is 23.3 Å². The van der Waals surface area contributed by atoms with Gasteiger partial charge >= 0.3 is 11.9 Å². The summed E-state index contributed by atoms with van der Waals surface area (Å²) < 4.78 is 0. The number of thiazole rings is 1. The molecule has 3 rings (SSSR count). The largest absolute Gasteiger partial charge is 0.478 e. The Morgan fingerprint density at radius 1 is 1.23 bits per heavy atom. The maximum Gasteiger partial charge on any atom is 0.328 e. The number of carbonyl (C=O) groups is 2. The average Bonchev–Trinajstić information content (AvgIpc) is 3.03. The highest BCUT2D eigenvalue weighted by atomic mass is 32.1. The SMILES string of the molecule is NCc1nc2c(s1)Cc1ccccc1-2.O=C(O)/C=C/C(=O)O. The third-order valence-electron chi connectivity index (χ3n) is 2.91. The first-order chi connectivity index (χ1) is 10.5. The summed E-state index contributed by atoms with van der Waals surface area (Å²) in [6.07, 6.45) is 2.15. The Kier molecular flexibility index (Phi) is 5.03. The quantitative estimate of drug-likeness (QED) is 0.635. The zero-order valence-corrected chi connectivity index (χ0v) is 12.3. The van der Waals surface area contributed by atoms with Gasteiger partial charge in [-0.25, -0.2) is 14.6 Å². The fourth-order valence-corrected chi connectivity index (χ4v) is 3.02. The summed E-state index contributed by atoms with van der Waals surface area (Å²) in [4.78, 5) is 25.0. The van der Waals surface area contributed by atoms with Crippen molar-refractivity contribution in [2.45, 2.75) is 13.0 Å². The number of rotatable bonds is 3. The molecule has 0 bridgehead atoms. The standard InChI is InChI=1S/C11H10N2S.C4H4O4/c12-6-10-13-11-8-4-2-1-3-7(8)5-9(11)14-10;5-3(6)1-2-4(7)8/h1-4H,5-6,12H2;1-2H,(H,5,6)(H,7,8)/b;2-1+. The van der Waals surface area contributed by atoms with Gasteiger partial charge in [-0.05, 0) is 5.56 Å². The lowest BCUT2D eigenvalue weighted by atomic mass is 10.1. The van der Waals surface area contributed by atoms with Gasteiger partial charge in [0.15, 0.2) is 0 Å². The molecule has 1 aromatic carbocycles. The Bertz CT molecular complexity index is 721. The smallest absolute Gasteiger partial charge is 0.328 e. The summed E-state index contributed by atoms with van der Waals surface area (Å²) in [6.45, 7) is 0.555. The topological polar surface area (TPSA) is 114 Å². The van der Waals surface area contributed by atoms with Crippen LogP contribution in [0.1, 0.15) is 15.4 Å². The van der Waals surface area contributed by atoms with Crippen LogP contribution in [0.25, 0.3) is 11.3 Å². The van der Waals surface area contributed by atoms with Crippen LogP contribution in [-0.2, 0) is 22.6 Å². The number of fused-ring (bicyclic) bond motifs is 3. The highest BCUT2D eigenvalue weighted by Gasteiger charge is 2.21. The van der Waals surface area contributed by atoms with E-state index in [1.165, 1.54) is 16.0 Å². The van der Waals surface area contributed by atoms with Gasteiger partial charge in [-0.1, -0.05) is 24.3 Å². The molecule has 0 radical (unpaired) electrons. The lowest BCUT2D eigenvalue weighted by molar-refractivity contribution is -0.134. The van der Waals surface area contributed by atoms with Crippen molar-refractivity contribution in [1.29, 1.82) is 0 Å². The van der Waals surface area contributed by atoms with Crippen molar-refractivity contribution in [3.8, 4) is 11.3 Å². The molecule has 0 amide bonds. The van der Waals surface area contributed by atoms with Crippen molar-refractivity contribution in [2.75, 3.05) is 0 Å². The van der Waals surface area contributed by atoms with Crippen molar-refractivity contribution in [2.24, 2.45) is 5.73 Å². The van der Waals surface area contributed by atoms with E-state index in [0.717, 1.165) is 17.1 Å². The Hall–Kier alpha value is -2.51. The maximum absolute atomic E-state index is 9.55. The summed E-state index contributed by atoms with van der Waals surface area (Å²) in [7, 11) is 0. The fraction of sp³-hybridized carbons (Fsp3) is 0.133. The van der Waals surface area contributed by atoms with E-state index >= 15 is 0 Å². The second-order valence-corrected chi connectivity index (χ2v) is 5.60. The van der Waals surface area contributed by atoms with E-state index < -0.39 is 11.9 Å². The molecule has 4 N–H and O–H groups in total. The zero-order valence-electron chi connectivity index (χ0n) is 11.5. The van der Waals surface area contributed by atoms with E-state index in [1.54, 1.807) is 11.3 Å². The Morgan fingerprint density at radius 3 is 2.45 bits per heavy atom. The number of carboxylic acids is 2. The van der Waals surface area contributed by atoms with Crippen molar-refractivity contribution in [1.82, 2.24) is 4.98 Å². The molecule has 0 saturated carbocycles. The first-order valence-corrected chi connectivity index (χ1v) is 7.23. The normalized spacial score (nSPS) is 11.5. The number of carboxylic acid groups (broad SMARTS) is 2. The Balaban J connectivity index is 0.000000192. The molecule has 0 unspecified atom stereocenters. The van der Waals surface area contributed by atoms with E-state index in [0.29, 0.717) is 18.7 Å². The van der Waals surface area contributed by atoms with E-state index in [4.69, 9.17) is 15.9 Å². The highest BCUT2D eigenvalue weighted by molar-refractivity contribution is 7.12. The molecule has 0 saturated heterocycles. The van der Waals surface area contributed by atoms with Gasteiger partial charge in [-0.2, -0.15) is 0 Å². The minimum atomic E-state index is -1.26. The number of benzene rings is 1. The number of aliphatic carboxylic acids is 2. The van der Waals surface area contributed by atoms with Gasteiger partial charge in [-0.3, -0.25) is 0 Å². The number of hydrogen-bond donors (Lipinski definition) is 3. The number of nitrogens with two attached hydrogens (primary N) is 1. The average molecular weight is 318 g/mol. The van der Waals surface area contributed by atoms with Crippen LogP contribution >= 0.6 is 11.3 Å². The van der Waals surface area contributed by atoms with Gasteiger partial charge in [0.1, 0.15) is 5.01 Å². The predicted molar refractivity (Wildman–Crippen MR) is 82.7 cm³/mol. The monoisotopic (exact) mass is 318 g/mol. The van der Waals surface area contributed by atoms with Crippen LogP contribution < -0.4 is 5.73 Å². The van der Waals surface area contributed by atoms with Crippen molar-refractivity contribution in [3.63, 3.8) is 0 Å². The molecule has 0 spiro atoms. The first kappa shape index (κ1) is 15.9. The van der Waals surface area contributed by atoms with Gasteiger partial charge in [0, 0.05) is 35.6 Å². The van der Waals surface area contributed by atoms with Gasteiger partial charge in [0.2, 0.25) is 0 Å². The molecule has 0 aliphatic heterocycles. The van der Waals surface area contributed by atoms with E-state index in [-0.39, 0.29) is 0 Å². The van der Waals surface area contributed by atoms with E-state index in [2.05, 4.69) is 29.2 Å². The maximum atomic E-state index is 9.55. The second kappa shape index (κ2) is 6.97. The van der Waals surface area contributed by atoms with Crippen molar-refractivity contribution in [3.05, 3.63) is 51.9 Å². The minimum Gasteiger partial charge on any atom is -0.478 e. The molecule has 1 aliphatic rings. The van der Waals surface area contributed by atoms with Gasteiger partial charge < -0.3 is 15.9 Å². The molecule has 6 nitrogen and oxygen atoms in total. The third kappa shape index (κ3) is 3.78. The number of hydrogen-bond acceptors (Lipinski definition) is 5. The molecule has 0 atom stereocenters. The molecule has 1 heterocycles. The molecular weight excluding hydrogens is 304 g/mol. The van der Waals surface area contributed by atoms with Crippen LogP contribution in [0.3, 0.4) is 0 Å². The van der Waals surface area contributed by atoms with Crippen LogP contribution in [0, 0.1) is 0 Å². The summed E-state index contributed by atoms with van der Waals surface area (Å²) in [5, 5.41) is 16.7. The minimum absolute atomic E-state index is 0.555. The zero-order chi connectivity index (χ0) is 16.1. The molecule has 2 aromatic rings. The van der Waals surface area contributed by atoms with Gasteiger partial charge in [-0.15, -0.1) is 11.3 Å². The highest BCUT2D eigenvalue weighted by Crippen LogP contribution is 2.38. The Labute approximate surface area is 130 Å². The van der Waals surface area contributed by atoms with Crippen LogP contribution in [0.5, 0.6) is 0 Å². The van der Waals surface area contributed by atoms with Gasteiger partial charge in [0.25, 0.3) is 0 Å². The Morgan fingerprint density at radius 2 is 1.86 bits per heavy atom. The molecule has 7 heteroatoms. The number of aromatic nitrogens is 1. The third-order valence-corrected chi connectivity index (χ3v) is 3.99. The van der Waals surface area contributed by atoms with Crippen LogP contribution in [-0.4, -0.2) is 27.1 Å². The van der Waals surface area contributed by atoms with E-state index in [9.17, 15) is 9.59 Å². The summed E-state index contributed by atoms with van der Waals surface area (Å²) in [5.41, 5.74) is 9.42. The summed E-state index contributed by atoms with van der Waals surface area (Å²) in [5.74, 6) is -2.51.